The second-order valence-electron chi connectivity index (χ2n) is 1.32. The summed E-state index contributed by atoms with van der Waals surface area (Å²) in [6.07, 6.45) is 0. The van der Waals surface area contributed by atoms with Crippen LogP contribution in [0.25, 0.3) is 0 Å². The van der Waals surface area contributed by atoms with Crippen molar-refractivity contribution < 1.29 is 20.4 Å². The van der Waals surface area contributed by atoms with Gasteiger partial charge in [0, 0.05) is 0 Å². The van der Waals surface area contributed by atoms with E-state index in [1.807, 2.05) is 0 Å². The Labute approximate surface area is 55.9 Å². The molecule has 0 fully saturated rings. The third-order valence-electron chi connectivity index (χ3n) is 0.547. The Morgan fingerprint density at radius 3 is 2.33 bits per heavy atom. The summed E-state index contributed by atoms with van der Waals surface area (Å²) in [5.41, 5.74) is 0. The molecule has 0 bridgehead atoms. The van der Waals surface area contributed by atoms with Crippen LogP contribution in [0.3, 0.4) is 0 Å². The van der Waals surface area contributed by atoms with Gasteiger partial charge >= 0.3 is 55.2 Å². The molecular weight excluding hydrogens is 191 g/mol. The number of ether oxygens (including phenoxy) is 1. The summed E-state index contributed by atoms with van der Waals surface area (Å²) >= 11 is -4.82. The van der Waals surface area contributed by atoms with Crippen LogP contribution in [0.5, 0.6) is 0 Å². The molecular formula is C3H9AsO5. The van der Waals surface area contributed by atoms with Gasteiger partial charge < -0.3 is 0 Å². The molecule has 0 aromatic rings. The van der Waals surface area contributed by atoms with Crippen molar-refractivity contribution in [1.82, 2.24) is 0 Å². The third kappa shape index (κ3) is 8.20. The molecule has 0 heterocycles. The van der Waals surface area contributed by atoms with Crippen molar-refractivity contribution in [1.29, 1.82) is 0 Å². The zero-order valence-electron chi connectivity index (χ0n) is 4.98. The van der Waals surface area contributed by atoms with Gasteiger partial charge in [-0.15, -0.1) is 0 Å². The van der Waals surface area contributed by atoms with Crippen LogP contribution in [0.1, 0.15) is 0 Å². The van der Waals surface area contributed by atoms with E-state index in [4.69, 9.17) is 8.19 Å². The monoisotopic (exact) mass is 200 g/mol. The molecule has 0 radical (unpaired) electrons. The van der Waals surface area contributed by atoms with Crippen molar-refractivity contribution >= 4 is 14.5 Å². The van der Waals surface area contributed by atoms with Crippen molar-refractivity contribution in [3.63, 3.8) is 0 Å². The van der Waals surface area contributed by atoms with Gasteiger partial charge in [-0.05, 0) is 0 Å². The normalized spacial score (nSPS) is 11.9. The molecule has 0 aliphatic heterocycles. The fourth-order valence-corrected chi connectivity index (χ4v) is 0.895. The summed E-state index contributed by atoms with van der Waals surface area (Å²) in [5, 5.41) is 0. The molecule has 9 heavy (non-hydrogen) atoms. The van der Waals surface area contributed by atoms with Gasteiger partial charge in [-0.1, -0.05) is 0 Å². The Morgan fingerprint density at radius 2 is 2.00 bits per heavy atom. The van der Waals surface area contributed by atoms with Gasteiger partial charge in [0.15, 0.2) is 0 Å². The number of rotatable bonds is 4. The minimum atomic E-state index is -4.82. The van der Waals surface area contributed by atoms with E-state index in [0.717, 1.165) is 0 Å². The zero-order valence-corrected chi connectivity index (χ0v) is 6.86. The summed E-state index contributed by atoms with van der Waals surface area (Å²) in [4.78, 5) is 0. The van der Waals surface area contributed by atoms with Gasteiger partial charge in [-0.2, -0.15) is 0 Å². The van der Waals surface area contributed by atoms with E-state index in [9.17, 15) is 3.74 Å². The summed E-state index contributed by atoms with van der Waals surface area (Å²) in [5.74, 6) is 0. The van der Waals surface area contributed by atoms with Gasteiger partial charge in [0.25, 0.3) is 0 Å². The first-order chi connectivity index (χ1) is 4.06. The van der Waals surface area contributed by atoms with Gasteiger partial charge in [-0.3, -0.25) is 0 Å². The van der Waals surface area contributed by atoms with E-state index in [1.165, 1.54) is 7.11 Å². The fraction of sp³-hybridized carbons (Fsp3) is 1.00. The Kier molecular flexibility index (Phi) is 4.17. The van der Waals surface area contributed by atoms with Crippen molar-refractivity contribution in [2.75, 3.05) is 20.3 Å². The SMILES string of the molecule is COCCO[As](=O)(O)O. The van der Waals surface area contributed by atoms with Crippen LogP contribution in [0.15, 0.2) is 0 Å². The van der Waals surface area contributed by atoms with Crippen LogP contribution in [-0.4, -0.2) is 43.0 Å². The molecule has 0 aliphatic rings. The van der Waals surface area contributed by atoms with Crippen molar-refractivity contribution in [2.24, 2.45) is 0 Å². The van der Waals surface area contributed by atoms with E-state index >= 15 is 0 Å². The van der Waals surface area contributed by atoms with E-state index in [1.54, 1.807) is 0 Å². The topological polar surface area (TPSA) is 76.0 Å². The Morgan fingerprint density at radius 1 is 1.44 bits per heavy atom. The summed E-state index contributed by atoms with van der Waals surface area (Å²) in [6, 6.07) is 0. The van der Waals surface area contributed by atoms with Crippen LogP contribution < -0.4 is 0 Å². The molecule has 0 aromatic heterocycles. The molecule has 0 saturated heterocycles. The average molecular weight is 200 g/mol. The second kappa shape index (κ2) is 4.08. The first kappa shape index (κ1) is 9.20. The summed E-state index contributed by atoms with van der Waals surface area (Å²) < 4.78 is 34.8. The maximum atomic E-state index is 9.98. The predicted molar refractivity (Wildman–Crippen MR) is 28.7 cm³/mol. The second-order valence-corrected chi connectivity index (χ2v) is 3.92. The molecule has 0 amide bonds. The van der Waals surface area contributed by atoms with Crippen molar-refractivity contribution in [2.45, 2.75) is 0 Å². The maximum absolute atomic E-state index is 9.98. The molecule has 0 rings (SSSR count). The molecule has 0 atom stereocenters. The Bertz CT molecular complexity index is 107. The van der Waals surface area contributed by atoms with E-state index in [-0.39, 0.29) is 13.2 Å². The molecule has 0 aromatic carbocycles. The summed E-state index contributed by atoms with van der Waals surface area (Å²) in [7, 11) is 1.43. The Hall–Kier alpha value is 0.198. The molecule has 0 saturated carbocycles. The molecule has 6 heteroatoms. The third-order valence-corrected chi connectivity index (χ3v) is 1.64. The molecule has 5 nitrogen and oxygen atoms in total. The first-order valence-electron chi connectivity index (χ1n) is 2.25. The molecule has 0 unspecified atom stereocenters. The number of hydrogen-bond acceptors (Lipinski definition) is 3. The van der Waals surface area contributed by atoms with Crippen LogP contribution >= 0.6 is 0 Å². The van der Waals surface area contributed by atoms with Crippen LogP contribution in [0, 0.1) is 0 Å². The molecule has 0 spiro atoms. The van der Waals surface area contributed by atoms with Gasteiger partial charge in [0.1, 0.15) is 0 Å². The number of hydrogen-bond donors (Lipinski definition) is 2. The van der Waals surface area contributed by atoms with Crippen LogP contribution in [-0.2, 0) is 12.2 Å². The number of methoxy groups -OCH3 is 1. The van der Waals surface area contributed by atoms with Crippen molar-refractivity contribution in [3.8, 4) is 0 Å². The van der Waals surface area contributed by atoms with E-state index in [2.05, 4.69) is 8.46 Å². The standard InChI is InChI=1S/C3H9AsO5/c1-8-2-3-9-4(5,6)7/h2-3H2,1H3,(H2,5,6,7). The van der Waals surface area contributed by atoms with Crippen molar-refractivity contribution in [3.05, 3.63) is 0 Å². The predicted octanol–water partition coefficient (Wildman–Crippen LogP) is -1.50. The van der Waals surface area contributed by atoms with E-state index < -0.39 is 14.5 Å². The van der Waals surface area contributed by atoms with Crippen LogP contribution in [0.2, 0.25) is 0 Å². The zero-order chi connectivity index (χ0) is 7.33. The average Bonchev–Trinajstić information content (AvgIpc) is 1.63. The molecule has 56 valence electrons. The summed E-state index contributed by atoms with van der Waals surface area (Å²) in [6.45, 7) is 0.145. The minimum absolute atomic E-state index is 0.0556. The van der Waals surface area contributed by atoms with E-state index in [0.29, 0.717) is 0 Å². The molecule has 2 N–H and O–H groups in total. The quantitative estimate of drug-likeness (QED) is 0.426. The van der Waals surface area contributed by atoms with Gasteiger partial charge in [0.05, 0.1) is 0 Å². The fourth-order valence-electron chi connectivity index (χ4n) is 0.240. The van der Waals surface area contributed by atoms with Gasteiger partial charge in [0.2, 0.25) is 0 Å². The van der Waals surface area contributed by atoms with Gasteiger partial charge in [-0.25, -0.2) is 0 Å². The molecule has 0 aliphatic carbocycles. The van der Waals surface area contributed by atoms with Crippen LogP contribution in [0.4, 0.5) is 0 Å². The Balaban J connectivity index is 3.18. The first-order valence-corrected chi connectivity index (χ1v) is 5.46.